The van der Waals surface area contributed by atoms with Crippen LogP contribution in [0.1, 0.15) is 5.56 Å². The van der Waals surface area contributed by atoms with Crippen LogP contribution in [0, 0.1) is 12.3 Å². The number of nitrogens with zero attached hydrogens (tertiary/aromatic N) is 3. The van der Waals surface area contributed by atoms with E-state index in [1.807, 2.05) is 30.3 Å². The van der Waals surface area contributed by atoms with Gasteiger partial charge in [0.1, 0.15) is 18.9 Å². The topological polar surface area (TPSA) is 70.2 Å². The van der Waals surface area contributed by atoms with E-state index in [-0.39, 0.29) is 24.0 Å². The molecule has 2 heterocycles. The second-order valence-electron chi connectivity index (χ2n) is 7.65. The van der Waals surface area contributed by atoms with Gasteiger partial charge in [-0.1, -0.05) is 30.2 Å². The lowest BCUT2D eigenvalue weighted by atomic mass is 10.2. The number of carbonyl (C=O) groups is 3. The van der Waals surface area contributed by atoms with Crippen molar-refractivity contribution in [3.05, 3.63) is 63.5 Å². The van der Waals surface area contributed by atoms with Crippen LogP contribution >= 0.6 is 27.7 Å². The zero-order valence-electron chi connectivity index (χ0n) is 18.3. The summed E-state index contributed by atoms with van der Waals surface area (Å²) < 4.78 is 6.10. The summed E-state index contributed by atoms with van der Waals surface area (Å²) in [6.07, 6.45) is 6.84. The number of terminal acetylenes is 1. The summed E-state index contributed by atoms with van der Waals surface area (Å²) in [5.41, 5.74) is 1.83. The van der Waals surface area contributed by atoms with Gasteiger partial charge in [0, 0.05) is 31.9 Å². The Morgan fingerprint density at radius 2 is 1.85 bits per heavy atom. The Hall–Kier alpha value is -3.22. The number of thioether (sulfide) groups is 1. The fraction of sp³-hybridized carbons (Fsp3) is 0.240. The molecule has 0 spiro atoms. The number of carbonyl (C=O) groups excluding carboxylic acids is 3. The molecule has 2 aromatic rings. The SMILES string of the molecule is C#CCOc1ccc(/C=C2/SC(=O)N(CC(=O)N3CCN(c4ccccc4)CC3)C2=O)cc1Br. The van der Waals surface area contributed by atoms with Crippen LogP contribution in [0.3, 0.4) is 0 Å². The van der Waals surface area contributed by atoms with E-state index in [0.717, 1.165) is 22.3 Å². The van der Waals surface area contributed by atoms with Crippen LogP contribution < -0.4 is 9.64 Å². The van der Waals surface area contributed by atoms with E-state index in [2.05, 4.69) is 26.8 Å². The van der Waals surface area contributed by atoms with Crippen molar-refractivity contribution < 1.29 is 19.1 Å². The molecule has 3 amide bonds. The van der Waals surface area contributed by atoms with Crippen LogP contribution in [-0.4, -0.2) is 66.2 Å². The highest BCUT2D eigenvalue weighted by atomic mass is 79.9. The van der Waals surface area contributed by atoms with Crippen LogP contribution in [0.2, 0.25) is 0 Å². The van der Waals surface area contributed by atoms with Gasteiger partial charge in [0.05, 0.1) is 9.38 Å². The van der Waals surface area contributed by atoms with Crippen molar-refractivity contribution in [3.8, 4) is 18.1 Å². The first kappa shape index (κ1) is 23.9. The second kappa shape index (κ2) is 10.8. The molecule has 0 N–H and O–H groups in total. The van der Waals surface area contributed by atoms with E-state index in [1.165, 1.54) is 0 Å². The Morgan fingerprint density at radius 3 is 2.53 bits per heavy atom. The van der Waals surface area contributed by atoms with Crippen LogP contribution in [0.25, 0.3) is 6.08 Å². The summed E-state index contributed by atoms with van der Waals surface area (Å²) in [5, 5.41) is -0.444. The molecule has 0 aliphatic carbocycles. The highest BCUT2D eigenvalue weighted by Crippen LogP contribution is 2.34. The van der Waals surface area contributed by atoms with Crippen LogP contribution in [0.4, 0.5) is 10.5 Å². The third-order valence-corrected chi connectivity index (χ3v) is 7.01. The highest BCUT2D eigenvalue weighted by Gasteiger charge is 2.37. The van der Waals surface area contributed by atoms with Crippen LogP contribution in [0.5, 0.6) is 5.75 Å². The fourth-order valence-corrected chi connectivity index (χ4v) is 5.07. The molecule has 0 aromatic heterocycles. The summed E-state index contributed by atoms with van der Waals surface area (Å²) in [6.45, 7) is 2.38. The smallest absolute Gasteiger partial charge is 0.294 e. The number of ether oxygens (including phenoxy) is 1. The molecule has 2 aliphatic heterocycles. The molecule has 174 valence electrons. The minimum atomic E-state index is -0.463. The Bertz CT molecular complexity index is 1170. The number of hydrogen-bond acceptors (Lipinski definition) is 6. The second-order valence-corrected chi connectivity index (χ2v) is 9.50. The number of piperazine rings is 1. The Labute approximate surface area is 210 Å². The average Bonchev–Trinajstić information content (AvgIpc) is 3.11. The van der Waals surface area contributed by atoms with E-state index in [4.69, 9.17) is 11.2 Å². The van der Waals surface area contributed by atoms with Crippen LogP contribution in [-0.2, 0) is 9.59 Å². The number of para-hydroxylation sites is 1. The maximum Gasteiger partial charge on any atom is 0.294 e. The van der Waals surface area contributed by atoms with Crippen molar-refractivity contribution in [3.63, 3.8) is 0 Å². The van der Waals surface area contributed by atoms with Crippen molar-refractivity contribution in [2.24, 2.45) is 0 Å². The van der Waals surface area contributed by atoms with Crippen molar-refractivity contribution in [2.45, 2.75) is 0 Å². The van der Waals surface area contributed by atoms with Crippen LogP contribution in [0.15, 0.2) is 57.9 Å². The molecule has 4 rings (SSSR count). The molecular weight excluding hydrogens is 518 g/mol. The number of amides is 3. The lowest BCUT2D eigenvalue weighted by Gasteiger charge is -2.36. The number of hydrogen-bond donors (Lipinski definition) is 0. The van der Waals surface area contributed by atoms with Gasteiger partial charge in [-0.05, 0) is 63.6 Å². The molecule has 0 bridgehead atoms. The van der Waals surface area contributed by atoms with Crippen molar-refractivity contribution in [1.82, 2.24) is 9.80 Å². The van der Waals surface area contributed by atoms with E-state index in [0.29, 0.717) is 42.0 Å². The Kier molecular flexibility index (Phi) is 7.60. The standard InChI is InChI=1S/C25H22BrN3O4S/c1-2-14-33-21-9-8-18(15-20(21)26)16-22-24(31)29(25(32)34-22)17-23(30)28-12-10-27(11-13-28)19-6-4-3-5-7-19/h1,3-9,15-16H,10-14,17H2/b22-16+. The number of benzene rings is 2. The minimum Gasteiger partial charge on any atom is -0.480 e. The first-order chi connectivity index (χ1) is 16.5. The molecule has 34 heavy (non-hydrogen) atoms. The van der Waals surface area contributed by atoms with Crippen molar-refractivity contribution in [2.75, 3.05) is 44.2 Å². The number of halogens is 1. The molecule has 2 aromatic carbocycles. The van der Waals surface area contributed by atoms with Gasteiger partial charge in [-0.25, -0.2) is 0 Å². The molecule has 0 saturated carbocycles. The molecule has 0 unspecified atom stereocenters. The van der Waals surface area contributed by atoms with Gasteiger partial charge in [-0.2, -0.15) is 0 Å². The molecule has 2 fully saturated rings. The third kappa shape index (κ3) is 5.46. The third-order valence-electron chi connectivity index (χ3n) is 5.49. The maximum absolute atomic E-state index is 12.8. The summed E-state index contributed by atoms with van der Waals surface area (Å²) in [5.74, 6) is 2.30. The summed E-state index contributed by atoms with van der Waals surface area (Å²) in [7, 11) is 0. The van der Waals surface area contributed by atoms with Crippen molar-refractivity contribution >= 4 is 56.5 Å². The zero-order chi connectivity index (χ0) is 24.1. The molecule has 2 saturated heterocycles. The van der Waals surface area contributed by atoms with Crippen molar-refractivity contribution in [1.29, 1.82) is 0 Å². The first-order valence-electron chi connectivity index (χ1n) is 10.6. The molecule has 7 nitrogen and oxygen atoms in total. The Morgan fingerprint density at radius 1 is 1.12 bits per heavy atom. The monoisotopic (exact) mass is 539 g/mol. The van der Waals surface area contributed by atoms with Gasteiger partial charge < -0.3 is 14.5 Å². The highest BCUT2D eigenvalue weighted by molar-refractivity contribution is 9.10. The number of imide groups is 1. The maximum atomic E-state index is 12.8. The van der Waals surface area contributed by atoms with E-state index >= 15 is 0 Å². The number of rotatable bonds is 6. The van der Waals surface area contributed by atoms with Gasteiger partial charge in [0.25, 0.3) is 11.1 Å². The quantitative estimate of drug-likeness (QED) is 0.410. The van der Waals surface area contributed by atoms with Gasteiger partial charge >= 0.3 is 0 Å². The van der Waals surface area contributed by atoms with E-state index < -0.39 is 11.1 Å². The lowest BCUT2D eigenvalue weighted by molar-refractivity contribution is -0.136. The van der Waals surface area contributed by atoms with E-state index in [1.54, 1.807) is 29.2 Å². The molecular formula is C25H22BrN3O4S. The predicted molar refractivity (Wildman–Crippen MR) is 136 cm³/mol. The number of anilines is 1. The van der Waals surface area contributed by atoms with Gasteiger partial charge in [0.2, 0.25) is 5.91 Å². The first-order valence-corrected chi connectivity index (χ1v) is 12.3. The largest absolute Gasteiger partial charge is 0.480 e. The average molecular weight is 540 g/mol. The summed E-state index contributed by atoms with van der Waals surface area (Å²) in [4.78, 5) is 43.4. The summed E-state index contributed by atoms with van der Waals surface area (Å²) in [6, 6.07) is 15.3. The predicted octanol–water partition coefficient (Wildman–Crippen LogP) is 3.85. The molecule has 9 heteroatoms. The molecule has 0 atom stereocenters. The van der Waals surface area contributed by atoms with Gasteiger partial charge in [0.15, 0.2) is 0 Å². The minimum absolute atomic E-state index is 0.145. The Balaban J connectivity index is 1.36. The normalized spacial score (nSPS) is 17.3. The van der Waals surface area contributed by atoms with E-state index in [9.17, 15) is 14.4 Å². The lowest BCUT2D eigenvalue weighted by Crippen LogP contribution is -2.51. The summed E-state index contributed by atoms with van der Waals surface area (Å²) >= 11 is 4.25. The fourth-order valence-electron chi connectivity index (χ4n) is 3.72. The molecule has 2 aliphatic rings. The van der Waals surface area contributed by atoms with Gasteiger partial charge in [-0.15, -0.1) is 6.42 Å². The van der Waals surface area contributed by atoms with Gasteiger partial charge in [-0.3, -0.25) is 19.3 Å². The molecule has 0 radical (unpaired) electrons. The zero-order valence-corrected chi connectivity index (χ0v) is 20.7.